The van der Waals surface area contributed by atoms with Crippen molar-refractivity contribution in [3.05, 3.63) is 80.5 Å². The van der Waals surface area contributed by atoms with Gasteiger partial charge in [0.25, 0.3) is 11.5 Å². The van der Waals surface area contributed by atoms with E-state index in [9.17, 15) is 32.7 Å². The van der Waals surface area contributed by atoms with Crippen LogP contribution in [0.2, 0.25) is 5.15 Å². The minimum atomic E-state index is -4.71. The molecule has 1 saturated carbocycles. The Bertz CT molecular complexity index is 2140. The number of carbonyl (C=O) groups is 2. The average Bonchev–Trinajstić information content (AvgIpc) is 3.68. The van der Waals surface area contributed by atoms with E-state index in [0.29, 0.717) is 62.6 Å². The summed E-state index contributed by atoms with van der Waals surface area (Å²) in [5.41, 5.74) is -0.232. The molecule has 2 N–H and O–H groups in total. The second kappa shape index (κ2) is 11.4. The molecule has 1 saturated heterocycles. The van der Waals surface area contributed by atoms with Gasteiger partial charge in [-0.05, 0) is 61.4 Å². The first-order valence-corrected chi connectivity index (χ1v) is 16.1. The molecule has 254 valence electrons. The smallest absolute Gasteiger partial charge is 0.433 e. The largest absolute Gasteiger partial charge is 0.505 e. The summed E-state index contributed by atoms with van der Waals surface area (Å²) >= 11 is 6.03. The minimum absolute atomic E-state index is 0.0365. The maximum atomic E-state index is 14.4. The lowest BCUT2D eigenvalue weighted by atomic mass is 9.71. The van der Waals surface area contributed by atoms with Crippen LogP contribution in [0.5, 0.6) is 5.75 Å². The minimum Gasteiger partial charge on any atom is -0.505 e. The van der Waals surface area contributed by atoms with Crippen LogP contribution in [0.1, 0.15) is 64.9 Å². The number of hydrogen-bond acceptors (Lipinski definition) is 9. The zero-order valence-electron chi connectivity index (χ0n) is 25.7. The fourth-order valence-corrected chi connectivity index (χ4v) is 7.90. The van der Waals surface area contributed by atoms with Crippen molar-refractivity contribution >= 4 is 40.5 Å². The van der Waals surface area contributed by atoms with E-state index in [-0.39, 0.29) is 46.8 Å². The van der Waals surface area contributed by atoms with Crippen LogP contribution in [-0.2, 0) is 27.7 Å². The van der Waals surface area contributed by atoms with Gasteiger partial charge in [-0.2, -0.15) is 22.7 Å². The Morgan fingerprint density at radius 1 is 1.16 bits per heavy atom. The molecule has 6 heterocycles. The zero-order chi connectivity index (χ0) is 34.2. The van der Waals surface area contributed by atoms with Crippen LogP contribution in [0.4, 0.5) is 18.9 Å². The monoisotopic (exact) mass is 696 g/mol. The molecule has 4 aliphatic rings. The number of aromatic hydroxyl groups is 1. The number of anilines is 1. The fraction of sp³-hybridized carbons (Fsp3) is 0.406. The van der Waals surface area contributed by atoms with Crippen molar-refractivity contribution in [2.45, 2.75) is 49.7 Å². The third-order valence-electron chi connectivity index (χ3n) is 10.0. The number of pyridine rings is 2. The van der Waals surface area contributed by atoms with Gasteiger partial charge in [0.1, 0.15) is 18.0 Å². The topological polar surface area (TPSA) is 157 Å². The number of nitrogens with one attached hydrogen (secondary N) is 1. The molecule has 13 nitrogen and oxygen atoms in total. The highest BCUT2D eigenvalue weighted by molar-refractivity contribution is 6.32. The van der Waals surface area contributed by atoms with Gasteiger partial charge < -0.3 is 24.6 Å². The van der Waals surface area contributed by atoms with Crippen LogP contribution in [0.15, 0.2) is 41.3 Å². The molecule has 0 aromatic carbocycles. The Labute approximate surface area is 280 Å². The van der Waals surface area contributed by atoms with Gasteiger partial charge in [-0.3, -0.25) is 14.4 Å². The van der Waals surface area contributed by atoms with Crippen molar-refractivity contribution in [3.8, 4) is 5.75 Å². The van der Waals surface area contributed by atoms with E-state index in [2.05, 4.69) is 20.4 Å². The van der Waals surface area contributed by atoms with Gasteiger partial charge in [-0.1, -0.05) is 17.7 Å². The van der Waals surface area contributed by atoms with Gasteiger partial charge in [0.05, 0.1) is 18.9 Å². The molecule has 2 atom stereocenters. The van der Waals surface area contributed by atoms with Crippen LogP contribution in [0, 0.1) is 5.92 Å². The highest BCUT2D eigenvalue weighted by atomic mass is 35.5. The average molecular weight is 697 g/mol. The van der Waals surface area contributed by atoms with E-state index in [1.165, 1.54) is 22.8 Å². The molecule has 2 aliphatic heterocycles. The van der Waals surface area contributed by atoms with E-state index in [1.807, 2.05) is 6.08 Å². The molecule has 0 radical (unpaired) electrons. The third kappa shape index (κ3) is 5.15. The summed E-state index contributed by atoms with van der Waals surface area (Å²) < 4.78 is 47.8. The molecule has 2 amide bonds. The highest BCUT2D eigenvalue weighted by Crippen LogP contribution is 2.67. The number of fused-ring (bicyclic) bond motifs is 6. The number of ether oxygens (including phenoxy) is 1. The summed E-state index contributed by atoms with van der Waals surface area (Å²) in [6.45, 7) is 1.15. The predicted molar refractivity (Wildman–Crippen MR) is 167 cm³/mol. The normalized spacial score (nSPS) is 21.0. The van der Waals surface area contributed by atoms with E-state index in [0.717, 1.165) is 24.1 Å². The molecule has 1 spiro atoms. The number of amides is 2. The number of alkyl halides is 3. The zero-order valence-corrected chi connectivity index (χ0v) is 26.5. The first-order chi connectivity index (χ1) is 23.5. The lowest BCUT2D eigenvalue weighted by Crippen LogP contribution is -2.48. The van der Waals surface area contributed by atoms with Crippen LogP contribution in [0.25, 0.3) is 11.4 Å². The quantitative estimate of drug-likeness (QED) is 0.297. The standard InChI is InChI=1S/C32H28ClF3N8O5/c33-26-19(3-4-21(39-26)32(34,35)36)38-22(46)15-43-25-17-14-18(17)31(7-10-42(11-8-31)29(48)24-20(45)2-1-9-37-24)23(25)28(47)44-30(43)40-27(41-44)16-5-12-49-13-6-16/h1-5,9,17-18,45H,6-8,10-15H2,(H,38,46)/t17-,18+/m1/s1. The van der Waals surface area contributed by atoms with Crippen molar-refractivity contribution in [3.63, 3.8) is 0 Å². The van der Waals surface area contributed by atoms with E-state index < -0.39 is 34.3 Å². The first kappa shape index (κ1) is 31.4. The molecular weight excluding hydrogens is 669 g/mol. The molecule has 2 fully saturated rings. The second-order valence-electron chi connectivity index (χ2n) is 12.7. The molecule has 0 unspecified atom stereocenters. The van der Waals surface area contributed by atoms with Gasteiger partial charge in [0.15, 0.2) is 16.7 Å². The summed E-state index contributed by atoms with van der Waals surface area (Å²) in [5.74, 6) is -0.654. The van der Waals surface area contributed by atoms with Gasteiger partial charge >= 0.3 is 6.18 Å². The number of rotatable bonds is 5. The lowest BCUT2D eigenvalue weighted by Gasteiger charge is -2.41. The van der Waals surface area contributed by atoms with Gasteiger partial charge in [0.2, 0.25) is 11.7 Å². The summed E-state index contributed by atoms with van der Waals surface area (Å²) in [6, 6.07) is 4.71. The summed E-state index contributed by atoms with van der Waals surface area (Å²) in [7, 11) is 0. The number of piperidine rings is 1. The Kier molecular flexibility index (Phi) is 7.30. The van der Waals surface area contributed by atoms with Crippen molar-refractivity contribution in [1.29, 1.82) is 0 Å². The van der Waals surface area contributed by atoms with Gasteiger partial charge in [-0.15, -0.1) is 5.10 Å². The number of likely N-dealkylation sites (tertiary alicyclic amines) is 1. The molecule has 0 bridgehead atoms. The summed E-state index contributed by atoms with van der Waals surface area (Å²) in [5, 5.41) is 16.9. The number of hydrogen-bond donors (Lipinski definition) is 2. The van der Waals surface area contributed by atoms with E-state index >= 15 is 0 Å². The van der Waals surface area contributed by atoms with Gasteiger partial charge in [-0.25, -0.2) is 9.97 Å². The van der Waals surface area contributed by atoms with Crippen LogP contribution >= 0.6 is 11.6 Å². The Hall–Kier alpha value is -4.83. The van der Waals surface area contributed by atoms with Gasteiger partial charge in [0, 0.05) is 41.9 Å². The predicted octanol–water partition coefficient (Wildman–Crippen LogP) is 3.79. The van der Waals surface area contributed by atoms with E-state index in [4.69, 9.17) is 21.3 Å². The summed E-state index contributed by atoms with van der Waals surface area (Å²) in [4.78, 5) is 55.0. The Morgan fingerprint density at radius 2 is 1.96 bits per heavy atom. The molecule has 4 aromatic heterocycles. The van der Waals surface area contributed by atoms with Crippen molar-refractivity contribution < 1.29 is 32.6 Å². The number of halogens is 4. The Morgan fingerprint density at radius 3 is 2.65 bits per heavy atom. The Balaban J connectivity index is 1.17. The van der Waals surface area contributed by atoms with Crippen molar-refractivity contribution in [2.24, 2.45) is 5.92 Å². The van der Waals surface area contributed by atoms with Crippen molar-refractivity contribution in [2.75, 3.05) is 31.6 Å². The highest BCUT2D eigenvalue weighted by Gasteiger charge is 2.64. The van der Waals surface area contributed by atoms with E-state index in [1.54, 1.807) is 9.47 Å². The number of carbonyl (C=O) groups excluding carboxylic acids is 2. The maximum absolute atomic E-state index is 14.4. The number of aromatic nitrogens is 6. The molecule has 49 heavy (non-hydrogen) atoms. The van der Waals surface area contributed by atoms with Crippen LogP contribution < -0.4 is 10.9 Å². The fourth-order valence-electron chi connectivity index (χ4n) is 7.70. The third-order valence-corrected chi connectivity index (χ3v) is 10.3. The second-order valence-corrected chi connectivity index (χ2v) is 13.1. The lowest BCUT2D eigenvalue weighted by molar-refractivity contribution is -0.141. The van der Waals surface area contributed by atoms with Crippen LogP contribution in [-0.4, -0.2) is 77.3 Å². The number of nitrogens with zero attached hydrogens (tertiary/aromatic N) is 7. The molecule has 8 rings (SSSR count). The summed E-state index contributed by atoms with van der Waals surface area (Å²) in [6.07, 6.45) is 0.841. The van der Waals surface area contributed by atoms with Crippen LogP contribution in [0.3, 0.4) is 0 Å². The maximum Gasteiger partial charge on any atom is 0.433 e. The molecule has 2 aliphatic carbocycles. The first-order valence-electron chi connectivity index (χ1n) is 15.7. The molecule has 17 heteroatoms. The molecular formula is C32H28ClF3N8O5. The SMILES string of the molecule is O=C(Cn1c2c(c(=O)n3nc(C4=CCOCC4)nc13)C1(CCN(C(=O)c3ncccc3O)CC1)[C@H]1C[C@@H]21)Nc1ccc(C(F)(F)F)nc1Cl. The van der Waals surface area contributed by atoms with Crippen molar-refractivity contribution in [1.82, 2.24) is 34.0 Å². The molecule has 4 aromatic rings.